The van der Waals surface area contributed by atoms with Gasteiger partial charge in [0.15, 0.2) is 0 Å². The molecule has 1 unspecified atom stereocenters. The molecule has 0 bridgehead atoms. The molecule has 1 aromatic heterocycles. The molecule has 0 aliphatic rings. The number of nitrogens with zero attached hydrogens (tertiary/aromatic N) is 1. The number of fused-ring (bicyclic) bond motifs is 1. The topological polar surface area (TPSA) is 68.2 Å². The van der Waals surface area contributed by atoms with E-state index in [1.807, 2.05) is 7.05 Å². The Hall–Kier alpha value is -1.88. The molecular weight excluding hydrogens is 223 g/mol. The summed E-state index contributed by atoms with van der Waals surface area (Å²) in [4.78, 5) is 10.6. The maximum atomic E-state index is 14.0. The van der Waals surface area contributed by atoms with Gasteiger partial charge in [-0.25, -0.2) is 4.39 Å². The van der Waals surface area contributed by atoms with Crippen molar-refractivity contribution in [2.75, 3.05) is 0 Å². The van der Waals surface area contributed by atoms with Crippen LogP contribution in [0.1, 0.15) is 5.56 Å². The Morgan fingerprint density at radius 2 is 2.24 bits per heavy atom. The molecule has 0 amide bonds. The zero-order chi connectivity index (χ0) is 12.6. The van der Waals surface area contributed by atoms with Gasteiger partial charge in [0, 0.05) is 25.1 Å². The van der Waals surface area contributed by atoms with Gasteiger partial charge in [-0.3, -0.25) is 4.79 Å². The Bertz CT molecular complexity index is 577. The van der Waals surface area contributed by atoms with E-state index >= 15 is 0 Å². The molecule has 1 aromatic carbocycles. The summed E-state index contributed by atoms with van der Waals surface area (Å²) >= 11 is 0. The van der Waals surface area contributed by atoms with Gasteiger partial charge in [-0.1, -0.05) is 6.07 Å². The Kier molecular flexibility index (Phi) is 2.85. The van der Waals surface area contributed by atoms with Gasteiger partial charge in [-0.15, -0.1) is 0 Å². The largest absolute Gasteiger partial charge is 0.480 e. The van der Waals surface area contributed by atoms with Crippen LogP contribution in [-0.4, -0.2) is 21.7 Å². The Morgan fingerprint density at radius 1 is 1.53 bits per heavy atom. The number of hydrogen-bond donors (Lipinski definition) is 2. The van der Waals surface area contributed by atoms with Crippen LogP contribution in [0.25, 0.3) is 10.9 Å². The van der Waals surface area contributed by atoms with E-state index in [1.54, 1.807) is 29.0 Å². The van der Waals surface area contributed by atoms with Gasteiger partial charge < -0.3 is 15.4 Å². The molecule has 0 saturated carbocycles. The lowest BCUT2D eigenvalue weighted by atomic mass is 10.0. The van der Waals surface area contributed by atoms with Crippen molar-refractivity contribution in [3.8, 4) is 0 Å². The first-order valence-electron chi connectivity index (χ1n) is 5.21. The minimum atomic E-state index is -1.13. The quantitative estimate of drug-likeness (QED) is 0.843. The zero-order valence-corrected chi connectivity index (χ0v) is 9.35. The summed E-state index contributed by atoms with van der Waals surface area (Å²) < 4.78 is 15.8. The van der Waals surface area contributed by atoms with Crippen LogP contribution < -0.4 is 5.73 Å². The molecule has 0 spiro atoms. The highest BCUT2D eigenvalue weighted by molar-refractivity contribution is 5.82. The smallest absolute Gasteiger partial charge is 0.320 e. The van der Waals surface area contributed by atoms with Gasteiger partial charge in [0.25, 0.3) is 0 Å². The molecule has 2 rings (SSSR count). The molecule has 2 aromatic rings. The fourth-order valence-corrected chi connectivity index (χ4v) is 1.84. The molecule has 0 fully saturated rings. The van der Waals surface area contributed by atoms with Gasteiger partial charge >= 0.3 is 5.97 Å². The number of carboxylic acids is 1. The van der Waals surface area contributed by atoms with Crippen LogP contribution in [-0.2, 0) is 18.3 Å². The third kappa shape index (κ3) is 2.01. The average molecular weight is 236 g/mol. The molecule has 1 heterocycles. The summed E-state index contributed by atoms with van der Waals surface area (Å²) in [7, 11) is 1.82. The molecule has 5 heteroatoms. The average Bonchev–Trinajstić information content (AvgIpc) is 2.65. The summed E-state index contributed by atoms with van der Waals surface area (Å²) in [5, 5.41) is 9.19. The van der Waals surface area contributed by atoms with E-state index in [4.69, 9.17) is 10.8 Å². The van der Waals surface area contributed by atoms with Gasteiger partial charge in [-0.2, -0.15) is 0 Å². The summed E-state index contributed by atoms with van der Waals surface area (Å²) in [6.45, 7) is 0. The number of rotatable bonds is 3. The Morgan fingerprint density at radius 3 is 2.88 bits per heavy atom. The van der Waals surface area contributed by atoms with Gasteiger partial charge in [0.1, 0.15) is 11.9 Å². The number of hydrogen-bond acceptors (Lipinski definition) is 2. The second-order valence-electron chi connectivity index (χ2n) is 4.05. The van der Waals surface area contributed by atoms with Crippen molar-refractivity contribution in [3.05, 3.63) is 35.8 Å². The first-order valence-corrected chi connectivity index (χ1v) is 5.21. The number of benzene rings is 1. The van der Waals surface area contributed by atoms with Crippen molar-refractivity contribution in [2.24, 2.45) is 12.8 Å². The molecule has 1 atom stereocenters. The van der Waals surface area contributed by atoms with Crippen molar-refractivity contribution in [1.29, 1.82) is 0 Å². The Balaban J connectivity index is 2.42. The highest BCUT2D eigenvalue weighted by Crippen LogP contribution is 2.22. The summed E-state index contributed by atoms with van der Waals surface area (Å²) in [5.74, 6) is -1.52. The number of aryl methyl sites for hydroxylation is 1. The number of carboxylic acid groups (broad SMARTS) is 1. The third-order valence-electron chi connectivity index (χ3n) is 2.84. The summed E-state index contributed by atoms with van der Waals surface area (Å²) in [5.41, 5.74) is 6.50. The van der Waals surface area contributed by atoms with E-state index in [0.29, 0.717) is 10.9 Å². The molecule has 17 heavy (non-hydrogen) atoms. The fraction of sp³-hybridized carbons (Fsp3) is 0.250. The second kappa shape index (κ2) is 4.18. The number of aliphatic carboxylic acids is 1. The molecule has 0 aliphatic carbocycles. The predicted molar refractivity (Wildman–Crippen MR) is 62.2 cm³/mol. The van der Waals surface area contributed by atoms with Crippen LogP contribution in [0, 0.1) is 5.82 Å². The maximum Gasteiger partial charge on any atom is 0.320 e. The number of carbonyl (C=O) groups is 1. The van der Waals surface area contributed by atoms with Crippen molar-refractivity contribution >= 4 is 16.9 Å². The molecule has 0 aliphatic heterocycles. The third-order valence-corrected chi connectivity index (χ3v) is 2.84. The Labute approximate surface area is 97.5 Å². The van der Waals surface area contributed by atoms with Gasteiger partial charge in [0.05, 0.1) is 5.52 Å². The molecular formula is C12H13FN2O2. The van der Waals surface area contributed by atoms with Crippen molar-refractivity contribution < 1.29 is 14.3 Å². The van der Waals surface area contributed by atoms with Crippen molar-refractivity contribution in [3.63, 3.8) is 0 Å². The standard InChI is InChI=1S/C12H13FN2O2/c1-15-5-4-8-10(15)3-2-7(11(8)13)6-9(14)12(16)17/h2-5,9H,6,14H2,1H3,(H,16,17). The van der Waals surface area contributed by atoms with Crippen LogP contribution in [0.5, 0.6) is 0 Å². The first-order chi connectivity index (χ1) is 8.00. The van der Waals surface area contributed by atoms with Gasteiger partial charge in [0.2, 0.25) is 0 Å². The summed E-state index contributed by atoms with van der Waals surface area (Å²) in [6.07, 6.45) is 1.75. The van der Waals surface area contributed by atoms with Crippen molar-refractivity contribution in [1.82, 2.24) is 4.57 Å². The van der Waals surface area contributed by atoms with E-state index in [-0.39, 0.29) is 12.2 Å². The lowest BCUT2D eigenvalue weighted by Gasteiger charge is -2.08. The SMILES string of the molecule is Cn1ccc2c(F)c(CC(N)C(=O)O)ccc21. The molecule has 4 nitrogen and oxygen atoms in total. The van der Waals surface area contributed by atoms with E-state index in [0.717, 1.165) is 5.52 Å². The van der Waals surface area contributed by atoms with Crippen molar-refractivity contribution in [2.45, 2.75) is 12.5 Å². The molecule has 0 radical (unpaired) electrons. The molecule has 0 saturated heterocycles. The number of nitrogens with two attached hydrogens (primary N) is 1. The highest BCUT2D eigenvalue weighted by atomic mass is 19.1. The lowest BCUT2D eigenvalue weighted by Crippen LogP contribution is -2.32. The van der Waals surface area contributed by atoms with Crippen LogP contribution in [0.15, 0.2) is 24.4 Å². The van der Waals surface area contributed by atoms with Crippen LogP contribution >= 0.6 is 0 Å². The number of aromatic nitrogens is 1. The normalized spacial score (nSPS) is 12.9. The fourth-order valence-electron chi connectivity index (χ4n) is 1.84. The summed E-state index contributed by atoms with van der Waals surface area (Å²) in [6, 6.07) is 3.94. The predicted octanol–water partition coefficient (Wildman–Crippen LogP) is 1.27. The van der Waals surface area contributed by atoms with E-state index in [1.165, 1.54) is 0 Å². The van der Waals surface area contributed by atoms with E-state index in [9.17, 15) is 9.18 Å². The first kappa shape index (κ1) is 11.6. The van der Waals surface area contributed by atoms with Crippen LogP contribution in [0.4, 0.5) is 4.39 Å². The monoisotopic (exact) mass is 236 g/mol. The lowest BCUT2D eigenvalue weighted by molar-refractivity contribution is -0.138. The van der Waals surface area contributed by atoms with E-state index < -0.39 is 12.0 Å². The zero-order valence-electron chi connectivity index (χ0n) is 9.35. The minimum absolute atomic E-state index is 0.00794. The number of halogens is 1. The molecule has 3 N–H and O–H groups in total. The van der Waals surface area contributed by atoms with Crippen LogP contribution in [0.3, 0.4) is 0 Å². The highest BCUT2D eigenvalue weighted by Gasteiger charge is 2.16. The van der Waals surface area contributed by atoms with Gasteiger partial charge in [-0.05, 0) is 17.7 Å². The van der Waals surface area contributed by atoms with Crippen LogP contribution in [0.2, 0.25) is 0 Å². The molecule has 90 valence electrons. The maximum absolute atomic E-state index is 14.0. The minimum Gasteiger partial charge on any atom is -0.480 e. The van der Waals surface area contributed by atoms with E-state index in [2.05, 4.69) is 0 Å². The second-order valence-corrected chi connectivity index (χ2v) is 4.05.